The van der Waals surface area contributed by atoms with Crippen LogP contribution in [0.4, 0.5) is 0 Å². The van der Waals surface area contributed by atoms with E-state index >= 15 is 0 Å². The predicted molar refractivity (Wildman–Crippen MR) is 278 cm³/mol. The summed E-state index contributed by atoms with van der Waals surface area (Å²) in [6, 6.07) is 5.30. The van der Waals surface area contributed by atoms with Crippen LogP contribution in [-0.4, -0.2) is 46.1 Å². The highest BCUT2D eigenvalue weighted by Gasteiger charge is 2.59. The lowest BCUT2D eigenvalue weighted by Gasteiger charge is -2.53. The first kappa shape index (κ1) is 50.3. The molecule has 8 saturated carbocycles. The summed E-state index contributed by atoms with van der Waals surface area (Å²) in [6.07, 6.45) is 59.0. The van der Waals surface area contributed by atoms with Crippen molar-refractivity contribution in [2.45, 2.75) is 328 Å². The number of nitrogens with zero attached hydrogens (tertiary/aromatic N) is 2. The topological polar surface area (TPSA) is 6.48 Å². The molecule has 2 heteroatoms. The van der Waals surface area contributed by atoms with Gasteiger partial charge >= 0.3 is 0 Å². The Bertz CT molecular complexity index is 1290. The van der Waals surface area contributed by atoms with Crippen molar-refractivity contribution in [2.75, 3.05) is 0 Å². The molecule has 8 fully saturated rings. The monoisotopic (exact) mass is 885 g/mol. The largest absolute Gasteiger partial charge is 0.294 e. The van der Waals surface area contributed by atoms with Crippen LogP contribution in [0.25, 0.3) is 0 Å². The summed E-state index contributed by atoms with van der Waals surface area (Å²) < 4.78 is 0. The molecule has 7 unspecified atom stereocenters. The van der Waals surface area contributed by atoms with Crippen molar-refractivity contribution in [3.8, 4) is 0 Å². The van der Waals surface area contributed by atoms with Crippen molar-refractivity contribution in [1.82, 2.24) is 9.80 Å². The number of unbranched alkanes of at least 4 members (excludes halogenated alkanes) is 7. The summed E-state index contributed by atoms with van der Waals surface area (Å²) >= 11 is 0. The summed E-state index contributed by atoms with van der Waals surface area (Å²) in [6.45, 7) is 15.2. The maximum absolute atomic E-state index is 3.37. The second-order valence-corrected chi connectivity index (χ2v) is 26.5. The summed E-state index contributed by atoms with van der Waals surface area (Å²) in [5, 5.41) is 0. The lowest BCUT2D eigenvalue weighted by atomic mass is 9.60. The summed E-state index contributed by atoms with van der Waals surface area (Å²) in [5.74, 6) is 10.3. The van der Waals surface area contributed by atoms with E-state index in [1.54, 1.807) is 51.4 Å². The maximum Gasteiger partial charge on any atom is 0.0102 e. The Labute approximate surface area is 400 Å². The van der Waals surface area contributed by atoms with E-state index in [1.807, 2.05) is 0 Å². The normalized spacial score (nSPS) is 43.3. The van der Waals surface area contributed by atoms with Crippen molar-refractivity contribution in [3.63, 3.8) is 0 Å². The lowest BCUT2D eigenvalue weighted by molar-refractivity contribution is -0.0312. The Morgan fingerprint density at radius 3 is 1.23 bits per heavy atom. The van der Waals surface area contributed by atoms with Crippen LogP contribution < -0.4 is 0 Å². The molecule has 0 N–H and O–H groups in total. The van der Waals surface area contributed by atoms with E-state index in [1.165, 1.54) is 199 Å². The minimum Gasteiger partial charge on any atom is -0.294 e. The molecule has 2 nitrogen and oxygen atoms in total. The third-order valence-corrected chi connectivity index (χ3v) is 22.6. The first-order valence-electron chi connectivity index (χ1n) is 30.8. The van der Waals surface area contributed by atoms with E-state index in [0.717, 1.165) is 95.4 Å². The third kappa shape index (κ3) is 12.3. The molecule has 370 valence electrons. The lowest BCUT2D eigenvalue weighted by Crippen LogP contribution is -2.56. The van der Waals surface area contributed by atoms with Crippen LogP contribution in [0.5, 0.6) is 0 Å². The summed E-state index contributed by atoms with van der Waals surface area (Å²) in [4.78, 5) is 6.66. The molecule has 8 rings (SSSR count). The maximum atomic E-state index is 3.37. The van der Waals surface area contributed by atoms with Gasteiger partial charge in [0.1, 0.15) is 0 Å². The molecule has 8 aliphatic rings. The third-order valence-electron chi connectivity index (χ3n) is 22.6. The molecule has 0 amide bonds. The van der Waals surface area contributed by atoms with Gasteiger partial charge in [-0.05, 0) is 232 Å². The van der Waals surface area contributed by atoms with Gasteiger partial charge in [0.05, 0.1) is 0 Å². The zero-order chi connectivity index (χ0) is 44.5. The average molecular weight is 886 g/mol. The molecular weight excluding hydrogens is 773 g/mol. The fourth-order valence-corrected chi connectivity index (χ4v) is 18.8. The molecular formula is C62H112N2. The number of hydrogen-bond donors (Lipinski definition) is 0. The fourth-order valence-electron chi connectivity index (χ4n) is 18.8. The highest BCUT2D eigenvalue weighted by molar-refractivity contribution is 5.08. The van der Waals surface area contributed by atoms with Gasteiger partial charge in [-0.15, -0.1) is 0 Å². The minimum absolute atomic E-state index is 0.634. The molecule has 0 bridgehead atoms. The Kier molecular flexibility index (Phi) is 19.4. The van der Waals surface area contributed by atoms with Crippen molar-refractivity contribution in [3.05, 3.63) is 0 Å². The zero-order valence-corrected chi connectivity index (χ0v) is 44.2. The highest BCUT2D eigenvalue weighted by atomic mass is 15.2. The van der Waals surface area contributed by atoms with Gasteiger partial charge in [0.15, 0.2) is 0 Å². The van der Waals surface area contributed by atoms with E-state index < -0.39 is 0 Å². The van der Waals surface area contributed by atoms with Gasteiger partial charge in [0.25, 0.3) is 0 Å². The highest BCUT2D eigenvalue weighted by Crippen LogP contribution is 2.67. The molecule has 7 atom stereocenters. The van der Waals surface area contributed by atoms with Gasteiger partial charge in [-0.3, -0.25) is 9.80 Å². The number of fused-ring (bicyclic) bond motifs is 3. The minimum atomic E-state index is 0.634. The van der Waals surface area contributed by atoms with Crippen LogP contribution in [0, 0.1) is 64.6 Å². The zero-order valence-electron chi connectivity index (χ0n) is 44.2. The standard InChI is InChI=1S/C62H112N2/c1-7-10-13-14-15-16-43-62(6)60-44-47(5)21-41-58(60)59-42-28-51(45-61(59)62)50-26-35-55(36-27-50)64(54-33-24-49(25-34-54)18-12-9-3)57-39-37-56(38-40-57)63(52-29-19-46(4)20-30-52)53-31-22-48(23-32-53)17-11-8-2/h46-61H,7-45H2,1-6H3. The predicted octanol–water partition coefficient (Wildman–Crippen LogP) is 18.4. The van der Waals surface area contributed by atoms with Gasteiger partial charge < -0.3 is 0 Å². The molecule has 0 aromatic heterocycles. The van der Waals surface area contributed by atoms with E-state index in [9.17, 15) is 0 Å². The average Bonchev–Trinajstić information content (AvgIpc) is 3.57. The quantitative estimate of drug-likeness (QED) is 0.112. The van der Waals surface area contributed by atoms with Crippen LogP contribution in [0.1, 0.15) is 292 Å². The smallest absolute Gasteiger partial charge is 0.0102 e. The van der Waals surface area contributed by atoms with Crippen molar-refractivity contribution in [1.29, 1.82) is 0 Å². The Hall–Kier alpha value is -0.0800. The van der Waals surface area contributed by atoms with Crippen LogP contribution in [0.3, 0.4) is 0 Å². The van der Waals surface area contributed by atoms with Crippen LogP contribution >= 0.6 is 0 Å². The number of hydrogen-bond acceptors (Lipinski definition) is 2. The van der Waals surface area contributed by atoms with Gasteiger partial charge in [-0.25, -0.2) is 0 Å². The first-order chi connectivity index (χ1) is 31.3. The molecule has 64 heavy (non-hydrogen) atoms. The molecule has 0 heterocycles. The van der Waals surface area contributed by atoms with E-state index in [0.29, 0.717) is 5.41 Å². The molecule has 8 aliphatic carbocycles. The van der Waals surface area contributed by atoms with Gasteiger partial charge in [0.2, 0.25) is 0 Å². The molecule has 0 aromatic carbocycles. The Morgan fingerprint density at radius 1 is 0.359 bits per heavy atom. The summed E-state index contributed by atoms with van der Waals surface area (Å²) in [5.41, 5.74) is 0.634. The van der Waals surface area contributed by atoms with Gasteiger partial charge in [-0.2, -0.15) is 0 Å². The van der Waals surface area contributed by atoms with Crippen molar-refractivity contribution in [2.24, 2.45) is 64.6 Å². The molecule has 0 aromatic rings. The first-order valence-corrected chi connectivity index (χ1v) is 30.8. The Balaban J connectivity index is 0.910. The Morgan fingerprint density at radius 2 is 0.734 bits per heavy atom. The second kappa shape index (κ2) is 24.7. The van der Waals surface area contributed by atoms with Crippen LogP contribution in [-0.2, 0) is 0 Å². The van der Waals surface area contributed by atoms with Crippen LogP contribution in [0.15, 0.2) is 0 Å². The fraction of sp³-hybridized carbons (Fsp3) is 1.00. The molecule has 0 radical (unpaired) electrons. The van der Waals surface area contributed by atoms with Gasteiger partial charge in [-0.1, -0.05) is 125 Å². The van der Waals surface area contributed by atoms with E-state index in [4.69, 9.17) is 0 Å². The van der Waals surface area contributed by atoms with Gasteiger partial charge in [0, 0.05) is 36.3 Å². The summed E-state index contributed by atoms with van der Waals surface area (Å²) in [7, 11) is 0. The van der Waals surface area contributed by atoms with E-state index in [-0.39, 0.29) is 0 Å². The molecule has 0 spiro atoms. The molecule has 0 saturated heterocycles. The second-order valence-electron chi connectivity index (χ2n) is 26.5. The van der Waals surface area contributed by atoms with E-state index in [2.05, 4.69) is 51.3 Å². The van der Waals surface area contributed by atoms with Crippen molar-refractivity contribution >= 4 is 0 Å². The number of rotatable bonds is 20. The SMILES string of the molecule is CCCCCCCCC1(C)C2CC(C)CCC2C2CCC(C3CCC(N(C4CCC(CCCC)CC4)C4CCC(N(C5CCC(C)CC5)C5CCC(CCCC)CC5)CC4)CC3)CC21. The molecule has 0 aliphatic heterocycles. The van der Waals surface area contributed by atoms with Crippen LogP contribution in [0.2, 0.25) is 0 Å². The van der Waals surface area contributed by atoms with Crippen molar-refractivity contribution < 1.29 is 0 Å².